The monoisotopic (exact) mass is 271 g/mol. The van der Waals surface area contributed by atoms with Crippen LogP contribution in [0.15, 0.2) is 0 Å². The molecule has 0 bridgehead atoms. The molecule has 6 heteroatoms. The summed E-state index contributed by atoms with van der Waals surface area (Å²) >= 11 is 0. The number of ether oxygens (including phenoxy) is 1. The third kappa shape index (κ3) is 4.80. The van der Waals surface area contributed by atoms with Gasteiger partial charge in [-0.05, 0) is 33.6 Å². The molecule has 2 amide bonds. The van der Waals surface area contributed by atoms with Crippen LogP contribution >= 0.6 is 0 Å². The summed E-state index contributed by atoms with van der Waals surface area (Å²) in [5.74, 6) is -0.345. The fourth-order valence-corrected chi connectivity index (χ4v) is 2.10. The van der Waals surface area contributed by atoms with Gasteiger partial charge < -0.3 is 21.1 Å². The van der Waals surface area contributed by atoms with E-state index in [0.717, 1.165) is 0 Å². The lowest BCUT2D eigenvalue weighted by molar-refractivity contribution is -0.137. The van der Waals surface area contributed by atoms with Crippen molar-refractivity contribution in [1.82, 2.24) is 10.6 Å². The zero-order valence-electron chi connectivity index (χ0n) is 12.0. The van der Waals surface area contributed by atoms with Crippen molar-refractivity contribution in [2.24, 2.45) is 11.1 Å². The maximum atomic E-state index is 12.2. The molecular weight excluding hydrogens is 246 g/mol. The fourth-order valence-electron chi connectivity index (χ4n) is 2.10. The van der Waals surface area contributed by atoms with Crippen molar-refractivity contribution in [2.75, 3.05) is 26.3 Å². The average molecular weight is 271 g/mol. The molecule has 19 heavy (non-hydrogen) atoms. The van der Waals surface area contributed by atoms with Crippen molar-refractivity contribution >= 4 is 11.8 Å². The van der Waals surface area contributed by atoms with E-state index >= 15 is 0 Å². The van der Waals surface area contributed by atoms with E-state index in [4.69, 9.17) is 10.5 Å². The average Bonchev–Trinajstić information content (AvgIpc) is 2.34. The van der Waals surface area contributed by atoms with Crippen LogP contribution in [0, 0.1) is 5.41 Å². The highest BCUT2D eigenvalue weighted by atomic mass is 16.5. The van der Waals surface area contributed by atoms with Gasteiger partial charge in [0.1, 0.15) is 0 Å². The molecule has 6 nitrogen and oxygen atoms in total. The van der Waals surface area contributed by atoms with Gasteiger partial charge in [0.2, 0.25) is 11.8 Å². The third-order valence-electron chi connectivity index (χ3n) is 3.25. The maximum Gasteiger partial charge on any atom is 0.239 e. The standard InChI is InChI=1S/C13H25N3O3/c1-12(2,3)16-10(17)8-15-11(18)13(9-14)4-6-19-7-5-13/h4-9,14H2,1-3H3,(H,15,18)(H,16,17). The van der Waals surface area contributed by atoms with Gasteiger partial charge in [-0.3, -0.25) is 9.59 Å². The summed E-state index contributed by atoms with van der Waals surface area (Å²) in [4.78, 5) is 23.9. The fraction of sp³-hybridized carbons (Fsp3) is 0.846. The molecule has 1 saturated heterocycles. The smallest absolute Gasteiger partial charge is 0.239 e. The predicted octanol–water partition coefficient (Wildman–Crippen LogP) is -0.227. The number of hydrogen-bond acceptors (Lipinski definition) is 4. The third-order valence-corrected chi connectivity index (χ3v) is 3.25. The van der Waals surface area contributed by atoms with Gasteiger partial charge in [-0.2, -0.15) is 0 Å². The van der Waals surface area contributed by atoms with Crippen LogP contribution in [0.1, 0.15) is 33.6 Å². The van der Waals surface area contributed by atoms with Crippen LogP contribution in [0.25, 0.3) is 0 Å². The van der Waals surface area contributed by atoms with Gasteiger partial charge in [-0.25, -0.2) is 0 Å². The molecule has 0 aromatic heterocycles. The summed E-state index contributed by atoms with van der Waals surface area (Å²) < 4.78 is 5.25. The number of amides is 2. The molecule has 0 aromatic carbocycles. The van der Waals surface area contributed by atoms with Gasteiger partial charge in [0, 0.05) is 25.3 Å². The normalized spacial score (nSPS) is 18.7. The van der Waals surface area contributed by atoms with Crippen LogP contribution in [0.2, 0.25) is 0 Å². The van der Waals surface area contributed by atoms with E-state index in [1.165, 1.54) is 0 Å². The maximum absolute atomic E-state index is 12.2. The molecule has 1 fully saturated rings. The Bertz CT molecular complexity index is 331. The second-order valence-electron chi connectivity index (χ2n) is 6.08. The van der Waals surface area contributed by atoms with Crippen molar-refractivity contribution < 1.29 is 14.3 Å². The minimum absolute atomic E-state index is 0.0152. The van der Waals surface area contributed by atoms with Crippen molar-refractivity contribution in [1.29, 1.82) is 0 Å². The highest BCUT2D eigenvalue weighted by molar-refractivity contribution is 5.88. The van der Waals surface area contributed by atoms with Crippen molar-refractivity contribution in [3.8, 4) is 0 Å². The molecule has 0 radical (unpaired) electrons. The van der Waals surface area contributed by atoms with Gasteiger partial charge in [0.15, 0.2) is 0 Å². The molecule has 4 N–H and O–H groups in total. The predicted molar refractivity (Wildman–Crippen MR) is 72.4 cm³/mol. The highest BCUT2D eigenvalue weighted by Crippen LogP contribution is 2.29. The van der Waals surface area contributed by atoms with Crippen LogP contribution in [0.3, 0.4) is 0 Å². The van der Waals surface area contributed by atoms with Crippen LogP contribution in [0.4, 0.5) is 0 Å². The molecule has 0 saturated carbocycles. The summed E-state index contributed by atoms with van der Waals surface area (Å²) in [5.41, 5.74) is 4.85. The largest absolute Gasteiger partial charge is 0.381 e. The number of carbonyl (C=O) groups excluding carboxylic acids is 2. The van der Waals surface area contributed by atoms with E-state index in [2.05, 4.69) is 10.6 Å². The molecule has 1 aliphatic rings. The first-order valence-corrected chi connectivity index (χ1v) is 6.66. The lowest BCUT2D eigenvalue weighted by Crippen LogP contribution is -2.52. The topological polar surface area (TPSA) is 93.5 Å². The summed E-state index contributed by atoms with van der Waals surface area (Å²) in [5, 5.41) is 5.48. The highest BCUT2D eigenvalue weighted by Gasteiger charge is 2.38. The van der Waals surface area contributed by atoms with Gasteiger partial charge in [0.25, 0.3) is 0 Å². The van der Waals surface area contributed by atoms with Crippen molar-refractivity contribution in [3.63, 3.8) is 0 Å². The van der Waals surface area contributed by atoms with E-state index in [0.29, 0.717) is 26.1 Å². The van der Waals surface area contributed by atoms with Gasteiger partial charge in [-0.15, -0.1) is 0 Å². The molecule has 1 aliphatic heterocycles. The Morgan fingerprint density at radius 1 is 1.26 bits per heavy atom. The Balaban J connectivity index is 2.47. The van der Waals surface area contributed by atoms with E-state index in [-0.39, 0.29) is 30.4 Å². The molecule has 0 spiro atoms. The van der Waals surface area contributed by atoms with Crippen LogP contribution in [-0.2, 0) is 14.3 Å². The van der Waals surface area contributed by atoms with E-state index in [9.17, 15) is 9.59 Å². The van der Waals surface area contributed by atoms with E-state index in [1.54, 1.807) is 0 Å². The van der Waals surface area contributed by atoms with Gasteiger partial charge in [0.05, 0.1) is 12.0 Å². The molecule has 0 aliphatic carbocycles. The SMILES string of the molecule is CC(C)(C)NC(=O)CNC(=O)C1(CN)CCOCC1. The first-order chi connectivity index (χ1) is 8.79. The molecule has 0 aromatic rings. The Labute approximate surface area is 114 Å². The minimum Gasteiger partial charge on any atom is -0.381 e. The van der Waals surface area contributed by atoms with Crippen molar-refractivity contribution in [2.45, 2.75) is 39.2 Å². The zero-order valence-corrected chi connectivity index (χ0v) is 12.0. The molecule has 1 rings (SSSR count). The Morgan fingerprint density at radius 3 is 2.32 bits per heavy atom. The van der Waals surface area contributed by atoms with Gasteiger partial charge >= 0.3 is 0 Å². The van der Waals surface area contributed by atoms with Crippen LogP contribution < -0.4 is 16.4 Å². The van der Waals surface area contributed by atoms with Crippen LogP contribution in [-0.4, -0.2) is 43.7 Å². The summed E-state index contributed by atoms with van der Waals surface area (Å²) in [6, 6.07) is 0. The van der Waals surface area contributed by atoms with Gasteiger partial charge in [-0.1, -0.05) is 0 Å². The molecule has 0 atom stereocenters. The first-order valence-electron chi connectivity index (χ1n) is 6.66. The first kappa shape index (κ1) is 15.9. The zero-order chi connectivity index (χ0) is 14.5. The van der Waals surface area contributed by atoms with Crippen molar-refractivity contribution in [3.05, 3.63) is 0 Å². The molecule has 110 valence electrons. The quantitative estimate of drug-likeness (QED) is 0.658. The number of nitrogens with one attached hydrogen (secondary N) is 2. The summed E-state index contributed by atoms with van der Waals surface area (Å²) in [6.45, 7) is 7.03. The lowest BCUT2D eigenvalue weighted by Gasteiger charge is -2.34. The Morgan fingerprint density at radius 2 is 1.84 bits per heavy atom. The number of rotatable bonds is 4. The summed E-state index contributed by atoms with van der Waals surface area (Å²) in [6.07, 6.45) is 1.21. The van der Waals surface area contributed by atoms with E-state index < -0.39 is 5.41 Å². The summed E-state index contributed by atoms with van der Waals surface area (Å²) in [7, 11) is 0. The lowest BCUT2D eigenvalue weighted by atomic mass is 9.79. The minimum atomic E-state index is -0.583. The molecular formula is C13H25N3O3. The number of nitrogens with two attached hydrogens (primary N) is 1. The Kier molecular flexibility index (Phi) is 5.31. The second-order valence-corrected chi connectivity index (χ2v) is 6.08. The molecule has 0 unspecified atom stereocenters. The second kappa shape index (κ2) is 6.34. The Hall–Kier alpha value is -1.14. The molecule has 1 heterocycles. The number of carbonyl (C=O) groups is 2. The number of hydrogen-bond donors (Lipinski definition) is 3. The van der Waals surface area contributed by atoms with Crippen LogP contribution in [0.5, 0.6) is 0 Å². The van der Waals surface area contributed by atoms with E-state index in [1.807, 2.05) is 20.8 Å².